The van der Waals surface area contributed by atoms with Gasteiger partial charge in [-0.15, -0.1) is 0 Å². The van der Waals surface area contributed by atoms with Crippen LogP contribution in [-0.2, 0) is 5.41 Å². The molecule has 0 fully saturated rings. The van der Waals surface area contributed by atoms with Crippen molar-refractivity contribution < 1.29 is 0 Å². The summed E-state index contributed by atoms with van der Waals surface area (Å²) in [5.74, 6) is 0. The van der Waals surface area contributed by atoms with Gasteiger partial charge in [-0.05, 0) is 18.6 Å². The second-order valence-electron chi connectivity index (χ2n) is 5.52. The Balaban J connectivity index is 2.36. The number of nitrogens with one attached hydrogen (secondary N) is 2. The first-order valence-electron chi connectivity index (χ1n) is 6.55. The summed E-state index contributed by atoms with van der Waals surface area (Å²) in [7, 11) is 0. The van der Waals surface area contributed by atoms with E-state index in [9.17, 15) is 0 Å². The van der Waals surface area contributed by atoms with Gasteiger partial charge in [-0.1, -0.05) is 32.0 Å². The number of H-pyrrole nitrogens is 1. The van der Waals surface area contributed by atoms with Crippen LogP contribution in [0.1, 0.15) is 25.1 Å². The van der Waals surface area contributed by atoms with Gasteiger partial charge in [0.1, 0.15) is 0 Å². The van der Waals surface area contributed by atoms with Crippen molar-refractivity contribution in [1.82, 2.24) is 10.3 Å². The van der Waals surface area contributed by atoms with Gasteiger partial charge in [0.2, 0.25) is 0 Å². The molecule has 98 valence electrons. The minimum atomic E-state index is 0.0961. The number of rotatable bonds is 5. The van der Waals surface area contributed by atoms with Crippen molar-refractivity contribution in [2.45, 2.75) is 26.2 Å². The molecule has 0 spiro atoms. The van der Waals surface area contributed by atoms with E-state index in [-0.39, 0.29) is 5.41 Å². The standard InChI is InChI=1S/C15H23N3/c1-11-14(15(2,3)10-17-9-8-16)12-6-4-5-7-13(12)18-11/h4-7,17-18H,8-10,16H2,1-3H3. The fourth-order valence-electron chi connectivity index (χ4n) is 2.74. The number of aryl methyl sites for hydroxylation is 1. The van der Waals surface area contributed by atoms with Crippen LogP contribution in [0.4, 0.5) is 0 Å². The van der Waals surface area contributed by atoms with E-state index in [1.165, 1.54) is 22.2 Å². The Labute approximate surface area is 109 Å². The van der Waals surface area contributed by atoms with Gasteiger partial charge < -0.3 is 16.0 Å². The van der Waals surface area contributed by atoms with Crippen molar-refractivity contribution in [2.24, 2.45) is 5.73 Å². The Kier molecular flexibility index (Phi) is 3.73. The van der Waals surface area contributed by atoms with Crippen molar-refractivity contribution in [2.75, 3.05) is 19.6 Å². The zero-order valence-electron chi connectivity index (χ0n) is 11.5. The zero-order chi connectivity index (χ0) is 13.2. The van der Waals surface area contributed by atoms with E-state index in [1.807, 2.05) is 0 Å². The summed E-state index contributed by atoms with van der Waals surface area (Å²) in [4.78, 5) is 3.47. The number of hydrogen-bond donors (Lipinski definition) is 3. The lowest BCUT2D eigenvalue weighted by Crippen LogP contribution is -2.35. The molecule has 0 bridgehead atoms. The fourth-order valence-corrected chi connectivity index (χ4v) is 2.74. The Morgan fingerprint density at radius 3 is 2.72 bits per heavy atom. The minimum absolute atomic E-state index is 0.0961. The number of para-hydroxylation sites is 1. The lowest BCUT2D eigenvalue weighted by atomic mass is 9.82. The van der Waals surface area contributed by atoms with Crippen LogP contribution >= 0.6 is 0 Å². The van der Waals surface area contributed by atoms with Crippen LogP contribution in [0.2, 0.25) is 0 Å². The molecule has 18 heavy (non-hydrogen) atoms. The first-order chi connectivity index (χ1) is 8.56. The average Bonchev–Trinajstić information content (AvgIpc) is 2.65. The lowest BCUT2D eigenvalue weighted by molar-refractivity contribution is 0.474. The average molecular weight is 245 g/mol. The number of benzene rings is 1. The predicted molar refractivity (Wildman–Crippen MR) is 78.0 cm³/mol. The van der Waals surface area contributed by atoms with E-state index in [2.05, 4.69) is 55.3 Å². The molecule has 2 rings (SSSR count). The number of aromatic amines is 1. The monoisotopic (exact) mass is 245 g/mol. The first-order valence-corrected chi connectivity index (χ1v) is 6.55. The zero-order valence-corrected chi connectivity index (χ0v) is 11.5. The molecule has 0 saturated heterocycles. The molecule has 0 aliphatic carbocycles. The third-order valence-electron chi connectivity index (χ3n) is 3.46. The predicted octanol–water partition coefficient (Wildman–Crippen LogP) is 2.30. The minimum Gasteiger partial charge on any atom is -0.358 e. The SMILES string of the molecule is Cc1[nH]c2ccccc2c1C(C)(C)CNCCN. The molecule has 3 heteroatoms. The molecule has 0 saturated carbocycles. The van der Waals surface area contributed by atoms with Crippen molar-refractivity contribution in [3.05, 3.63) is 35.5 Å². The van der Waals surface area contributed by atoms with Crippen LogP contribution in [-0.4, -0.2) is 24.6 Å². The van der Waals surface area contributed by atoms with Crippen LogP contribution in [0, 0.1) is 6.92 Å². The third-order valence-corrected chi connectivity index (χ3v) is 3.46. The third kappa shape index (κ3) is 2.42. The largest absolute Gasteiger partial charge is 0.358 e. The van der Waals surface area contributed by atoms with Crippen LogP contribution < -0.4 is 11.1 Å². The summed E-state index contributed by atoms with van der Waals surface area (Å²) >= 11 is 0. The second kappa shape index (κ2) is 5.12. The van der Waals surface area contributed by atoms with Gasteiger partial charge in [-0.2, -0.15) is 0 Å². The van der Waals surface area contributed by atoms with Crippen molar-refractivity contribution in [3.8, 4) is 0 Å². The summed E-state index contributed by atoms with van der Waals surface area (Å²) in [5.41, 5.74) is 9.51. The highest BCUT2D eigenvalue weighted by Crippen LogP contribution is 2.32. The van der Waals surface area contributed by atoms with Gasteiger partial charge in [0.25, 0.3) is 0 Å². The van der Waals surface area contributed by atoms with Crippen molar-refractivity contribution in [1.29, 1.82) is 0 Å². The number of hydrogen-bond acceptors (Lipinski definition) is 2. The molecule has 0 aliphatic heterocycles. The Morgan fingerprint density at radius 2 is 2.00 bits per heavy atom. The molecular weight excluding hydrogens is 222 g/mol. The molecule has 4 N–H and O–H groups in total. The van der Waals surface area contributed by atoms with E-state index < -0.39 is 0 Å². The molecule has 2 aromatic rings. The Morgan fingerprint density at radius 1 is 1.28 bits per heavy atom. The summed E-state index contributed by atoms with van der Waals surface area (Å²) in [6.45, 7) is 9.19. The highest BCUT2D eigenvalue weighted by atomic mass is 14.9. The van der Waals surface area contributed by atoms with Crippen LogP contribution in [0.5, 0.6) is 0 Å². The maximum absolute atomic E-state index is 5.53. The number of fused-ring (bicyclic) bond motifs is 1. The highest BCUT2D eigenvalue weighted by molar-refractivity contribution is 5.85. The van der Waals surface area contributed by atoms with Crippen molar-refractivity contribution >= 4 is 10.9 Å². The van der Waals surface area contributed by atoms with E-state index >= 15 is 0 Å². The van der Waals surface area contributed by atoms with Gasteiger partial charge in [0.15, 0.2) is 0 Å². The maximum Gasteiger partial charge on any atom is 0.0459 e. The molecule has 0 amide bonds. The number of nitrogens with two attached hydrogens (primary N) is 1. The van der Waals surface area contributed by atoms with E-state index in [0.29, 0.717) is 6.54 Å². The number of aromatic nitrogens is 1. The van der Waals surface area contributed by atoms with Gasteiger partial charge in [-0.3, -0.25) is 0 Å². The first kappa shape index (κ1) is 13.1. The highest BCUT2D eigenvalue weighted by Gasteiger charge is 2.25. The van der Waals surface area contributed by atoms with Gasteiger partial charge in [0.05, 0.1) is 0 Å². The molecule has 1 heterocycles. The van der Waals surface area contributed by atoms with Gasteiger partial charge >= 0.3 is 0 Å². The van der Waals surface area contributed by atoms with E-state index in [4.69, 9.17) is 5.73 Å². The molecule has 0 unspecified atom stereocenters. The fraction of sp³-hybridized carbons (Fsp3) is 0.467. The maximum atomic E-state index is 5.53. The molecule has 0 aliphatic rings. The lowest BCUT2D eigenvalue weighted by Gasteiger charge is -2.26. The molecule has 1 aromatic carbocycles. The van der Waals surface area contributed by atoms with Crippen molar-refractivity contribution in [3.63, 3.8) is 0 Å². The second-order valence-corrected chi connectivity index (χ2v) is 5.52. The van der Waals surface area contributed by atoms with Gasteiger partial charge in [0, 0.05) is 41.6 Å². The molecule has 3 nitrogen and oxygen atoms in total. The molecule has 0 radical (unpaired) electrons. The van der Waals surface area contributed by atoms with E-state index in [1.54, 1.807) is 0 Å². The quantitative estimate of drug-likeness (QED) is 0.708. The molecular formula is C15H23N3. The molecule has 1 aromatic heterocycles. The summed E-state index contributed by atoms with van der Waals surface area (Å²) in [6, 6.07) is 8.50. The van der Waals surface area contributed by atoms with Gasteiger partial charge in [-0.25, -0.2) is 0 Å². The Bertz CT molecular complexity index is 526. The van der Waals surface area contributed by atoms with Crippen LogP contribution in [0.3, 0.4) is 0 Å². The normalized spacial score (nSPS) is 12.2. The van der Waals surface area contributed by atoms with Crippen LogP contribution in [0.25, 0.3) is 10.9 Å². The molecule has 0 atom stereocenters. The summed E-state index contributed by atoms with van der Waals surface area (Å²) in [5, 5.41) is 4.74. The summed E-state index contributed by atoms with van der Waals surface area (Å²) < 4.78 is 0. The van der Waals surface area contributed by atoms with E-state index in [0.717, 1.165) is 13.1 Å². The smallest absolute Gasteiger partial charge is 0.0459 e. The van der Waals surface area contributed by atoms with Crippen LogP contribution in [0.15, 0.2) is 24.3 Å². The Hall–Kier alpha value is -1.32. The topological polar surface area (TPSA) is 53.8 Å². The summed E-state index contributed by atoms with van der Waals surface area (Å²) in [6.07, 6.45) is 0.